The van der Waals surface area contributed by atoms with Crippen molar-refractivity contribution in [1.82, 2.24) is 5.32 Å². The van der Waals surface area contributed by atoms with Gasteiger partial charge in [-0.05, 0) is 24.1 Å². The monoisotopic (exact) mass is 257 g/mol. The lowest BCUT2D eigenvalue weighted by Gasteiger charge is -2.07. The van der Waals surface area contributed by atoms with E-state index in [9.17, 15) is 4.79 Å². The Balaban J connectivity index is 2.51. The van der Waals surface area contributed by atoms with Crippen LogP contribution in [0, 0.1) is 0 Å². The molecule has 0 unspecified atom stereocenters. The zero-order valence-corrected chi connectivity index (χ0v) is 10.5. The van der Waals surface area contributed by atoms with Crippen LogP contribution >= 0.6 is 11.6 Å². The molecule has 0 spiro atoms. The van der Waals surface area contributed by atoms with Gasteiger partial charge in [0, 0.05) is 13.2 Å². The van der Waals surface area contributed by atoms with Crippen LogP contribution in [-0.2, 0) is 11.2 Å². The number of carbonyl (C=O) groups excluding carboxylic acids is 1. The van der Waals surface area contributed by atoms with Crippen LogP contribution in [-0.4, -0.2) is 31.3 Å². The molecule has 0 aliphatic heterocycles. The number of benzene rings is 1. The number of rotatable bonds is 6. The van der Waals surface area contributed by atoms with Gasteiger partial charge in [-0.1, -0.05) is 17.7 Å². The van der Waals surface area contributed by atoms with Crippen LogP contribution < -0.4 is 10.1 Å². The normalized spacial score (nSPS) is 10.1. The largest absolute Gasteiger partial charge is 0.495 e. The van der Waals surface area contributed by atoms with Crippen LogP contribution in [0.1, 0.15) is 12.0 Å². The van der Waals surface area contributed by atoms with E-state index in [1.807, 2.05) is 0 Å². The lowest BCUT2D eigenvalue weighted by Crippen LogP contribution is -2.26. The quantitative estimate of drug-likeness (QED) is 0.758. The third-order valence-corrected chi connectivity index (χ3v) is 2.53. The number of hydrogen-bond acceptors (Lipinski definition) is 3. The molecule has 0 radical (unpaired) electrons. The highest BCUT2D eigenvalue weighted by molar-refractivity contribution is 6.32. The molecule has 0 bridgehead atoms. The fourth-order valence-electron chi connectivity index (χ4n) is 1.37. The number of ether oxygens (including phenoxy) is 1. The Labute approximate surface area is 106 Å². The topological polar surface area (TPSA) is 58.6 Å². The highest BCUT2D eigenvalue weighted by atomic mass is 35.5. The standard InChI is InChI=1S/C12H16ClNO3/c1-17-11-4-3-9(7-10(11)13)8-12(16)14-5-2-6-15/h3-4,7,15H,2,5-6,8H2,1H3,(H,14,16). The van der Waals surface area contributed by atoms with Crippen molar-refractivity contribution >= 4 is 17.5 Å². The second-order valence-electron chi connectivity index (χ2n) is 3.57. The first-order valence-electron chi connectivity index (χ1n) is 5.37. The Hall–Kier alpha value is -1.26. The van der Waals surface area contributed by atoms with Gasteiger partial charge in [0.1, 0.15) is 5.75 Å². The summed E-state index contributed by atoms with van der Waals surface area (Å²) in [6, 6.07) is 5.25. The molecule has 5 heteroatoms. The minimum Gasteiger partial charge on any atom is -0.495 e. The van der Waals surface area contributed by atoms with Gasteiger partial charge in [0.15, 0.2) is 0 Å². The Morgan fingerprint density at radius 3 is 2.88 bits per heavy atom. The first kappa shape index (κ1) is 13.8. The number of nitrogens with one attached hydrogen (secondary N) is 1. The fraction of sp³-hybridized carbons (Fsp3) is 0.417. The lowest BCUT2D eigenvalue weighted by atomic mass is 10.1. The summed E-state index contributed by atoms with van der Waals surface area (Å²) in [7, 11) is 1.54. The first-order valence-corrected chi connectivity index (χ1v) is 5.75. The molecule has 4 nitrogen and oxygen atoms in total. The van der Waals surface area contributed by atoms with Crippen molar-refractivity contribution in [2.45, 2.75) is 12.8 Å². The maximum absolute atomic E-state index is 11.5. The molecule has 0 atom stereocenters. The molecule has 0 saturated carbocycles. The van der Waals surface area contributed by atoms with E-state index in [4.69, 9.17) is 21.4 Å². The van der Waals surface area contributed by atoms with E-state index in [0.717, 1.165) is 5.56 Å². The van der Waals surface area contributed by atoms with E-state index in [0.29, 0.717) is 23.7 Å². The van der Waals surface area contributed by atoms with Gasteiger partial charge in [-0.3, -0.25) is 4.79 Å². The maximum atomic E-state index is 11.5. The molecule has 94 valence electrons. The zero-order chi connectivity index (χ0) is 12.7. The van der Waals surface area contributed by atoms with Crippen molar-refractivity contribution in [3.8, 4) is 5.75 Å². The molecule has 0 aliphatic carbocycles. The van der Waals surface area contributed by atoms with Crippen molar-refractivity contribution in [3.05, 3.63) is 28.8 Å². The van der Waals surface area contributed by atoms with Gasteiger partial charge in [-0.25, -0.2) is 0 Å². The predicted octanol–water partition coefficient (Wildman–Crippen LogP) is 1.39. The number of methoxy groups -OCH3 is 1. The van der Waals surface area contributed by atoms with Gasteiger partial charge < -0.3 is 15.2 Å². The zero-order valence-electron chi connectivity index (χ0n) is 9.70. The number of aliphatic hydroxyl groups excluding tert-OH is 1. The molecule has 17 heavy (non-hydrogen) atoms. The van der Waals surface area contributed by atoms with E-state index in [-0.39, 0.29) is 18.9 Å². The second-order valence-corrected chi connectivity index (χ2v) is 3.98. The molecule has 0 fully saturated rings. The number of carbonyl (C=O) groups is 1. The molecule has 1 aromatic carbocycles. The van der Waals surface area contributed by atoms with Crippen molar-refractivity contribution in [3.63, 3.8) is 0 Å². The summed E-state index contributed by atoms with van der Waals surface area (Å²) in [5.74, 6) is 0.510. The van der Waals surface area contributed by atoms with Crippen LogP contribution in [0.15, 0.2) is 18.2 Å². The van der Waals surface area contributed by atoms with Gasteiger partial charge in [0.25, 0.3) is 0 Å². The smallest absolute Gasteiger partial charge is 0.224 e. The Bertz CT molecular complexity index is 382. The number of aliphatic hydroxyl groups is 1. The van der Waals surface area contributed by atoms with Crippen molar-refractivity contribution < 1.29 is 14.6 Å². The average molecular weight is 258 g/mol. The molecule has 1 amide bonds. The third-order valence-electron chi connectivity index (χ3n) is 2.24. The molecule has 0 aromatic heterocycles. The molecule has 1 aromatic rings. The summed E-state index contributed by atoms with van der Waals surface area (Å²) in [4.78, 5) is 11.5. The SMILES string of the molecule is COc1ccc(CC(=O)NCCCO)cc1Cl. The van der Waals surface area contributed by atoms with Gasteiger partial charge in [0.05, 0.1) is 18.6 Å². The van der Waals surface area contributed by atoms with Crippen molar-refractivity contribution in [2.24, 2.45) is 0 Å². The molecule has 0 heterocycles. The summed E-state index contributed by atoms with van der Waals surface area (Å²) in [6.07, 6.45) is 0.838. The highest BCUT2D eigenvalue weighted by Crippen LogP contribution is 2.24. The van der Waals surface area contributed by atoms with Gasteiger partial charge in [-0.15, -0.1) is 0 Å². The number of hydrogen-bond donors (Lipinski definition) is 2. The summed E-state index contributed by atoms with van der Waals surface area (Å²) in [5, 5.41) is 11.8. The number of amides is 1. The fourth-order valence-corrected chi connectivity index (χ4v) is 1.65. The molecule has 1 rings (SSSR count). The van der Waals surface area contributed by atoms with Crippen LogP contribution in [0.5, 0.6) is 5.75 Å². The van der Waals surface area contributed by atoms with Crippen LogP contribution in [0.2, 0.25) is 5.02 Å². The molecule has 0 saturated heterocycles. The van der Waals surface area contributed by atoms with Gasteiger partial charge >= 0.3 is 0 Å². The van der Waals surface area contributed by atoms with Crippen LogP contribution in [0.25, 0.3) is 0 Å². The minimum atomic E-state index is -0.0836. The Kier molecular flexibility index (Phi) is 5.80. The lowest BCUT2D eigenvalue weighted by molar-refractivity contribution is -0.120. The Morgan fingerprint density at radius 1 is 1.53 bits per heavy atom. The average Bonchev–Trinajstić information content (AvgIpc) is 2.29. The van der Waals surface area contributed by atoms with E-state index in [2.05, 4.69) is 5.32 Å². The molecular formula is C12H16ClNO3. The summed E-state index contributed by atoms with van der Waals surface area (Å²) in [6.45, 7) is 0.563. The molecular weight excluding hydrogens is 242 g/mol. The van der Waals surface area contributed by atoms with E-state index < -0.39 is 0 Å². The minimum absolute atomic E-state index is 0.0780. The highest BCUT2D eigenvalue weighted by Gasteiger charge is 2.06. The molecule has 2 N–H and O–H groups in total. The Morgan fingerprint density at radius 2 is 2.29 bits per heavy atom. The molecule has 0 aliphatic rings. The van der Waals surface area contributed by atoms with Crippen molar-refractivity contribution in [1.29, 1.82) is 0 Å². The second kappa shape index (κ2) is 7.14. The van der Waals surface area contributed by atoms with Crippen LogP contribution in [0.4, 0.5) is 0 Å². The first-order chi connectivity index (χ1) is 8.17. The summed E-state index contributed by atoms with van der Waals surface area (Å²) in [5.41, 5.74) is 0.831. The van der Waals surface area contributed by atoms with E-state index >= 15 is 0 Å². The summed E-state index contributed by atoms with van der Waals surface area (Å²) >= 11 is 5.95. The number of halogens is 1. The van der Waals surface area contributed by atoms with E-state index in [1.165, 1.54) is 0 Å². The third kappa shape index (κ3) is 4.63. The van der Waals surface area contributed by atoms with E-state index in [1.54, 1.807) is 25.3 Å². The summed E-state index contributed by atoms with van der Waals surface area (Å²) < 4.78 is 5.02. The predicted molar refractivity (Wildman–Crippen MR) is 66.4 cm³/mol. The van der Waals surface area contributed by atoms with Crippen molar-refractivity contribution in [2.75, 3.05) is 20.3 Å². The van der Waals surface area contributed by atoms with Gasteiger partial charge in [-0.2, -0.15) is 0 Å². The van der Waals surface area contributed by atoms with Crippen LogP contribution in [0.3, 0.4) is 0 Å². The van der Waals surface area contributed by atoms with Gasteiger partial charge in [0.2, 0.25) is 5.91 Å². The maximum Gasteiger partial charge on any atom is 0.224 e.